The van der Waals surface area contributed by atoms with Crippen LogP contribution in [0, 0.1) is 5.92 Å². The molecule has 1 saturated heterocycles. The van der Waals surface area contributed by atoms with Crippen molar-refractivity contribution in [1.29, 1.82) is 0 Å². The number of carbonyl (C=O) groups is 1. The molecule has 3 nitrogen and oxygen atoms in total. The molecule has 2 unspecified atom stereocenters. The Morgan fingerprint density at radius 3 is 2.56 bits per heavy atom. The maximum absolute atomic E-state index is 11.9. The maximum Gasteiger partial charge on any atom is 0.415 e. The summed E-state index contributed by atoms with van der Waals surface area (Å²) in [6, 6.07) is 9.49. The van der Waals surface area contributed by atoms with Crippen molar-refractivity contribution >= 4 is 6.09 Å². The number of carbonyl (C=O) groups excluding carboxylic acids is 1. The van der Waals surface area contributed by atoms with Crippen LogP contribution in [-0.4, -0.2) is 23.6 Å². The highest BCUT2D eigenvalue weighted by atomic mass is 16.6. The van der Waals surface area contributed by atoms with Crippen LogP contribution in [0.1, 0.15) is 20.3 Å². The molecule has 86 valence electrons. The Morgan fingerprint density at radius 2 is 2.00 bits per heavy atom. The van der Waals surface area contributed by atoms with Gasteiger partial charge in [0, 0.05) is 12.6 Å². The number of likely N-dealkylation sites (tertiary alicyclic amines) is 1. The van der Waals surface area contributed by atoms with E-state index in [2.05, 4.69) is 13.8 Å². The fourth-order valence-corrected chi connectivity index (χ4v) is 2.20. The Kier molecular flexibility index (Phi) is 3.13. The van der Waals surface area contributed by atoms with Crippen LogP contribution < -0.4 is 4.74 Å². The zero-order valence-corrected chi connectivity index (χ0v) is 9.72. The van der Waals surface area contributed by atoms with Crippen molar-refractivity contribution in [1.82, 2.24) is 4.90 Å². The van der Waals surface area contributed by atoms with E-state index in [9.17, 15) is 4.79 Å². The Morgan fingerprint density at radius 1 is 1.31 bits per heavy atom. The largest absolute Gasteiger partial charge is 0.415 e. The van der Waals surface area contributed by atoms with E-state index in [1.54, 1.807) is 17.0 Å². The number of benzene rings is 1. The van der Waals surface area contributed by atoms with Gasteiger partial charge < -0.3 is 9.64 Å². The molecule has 1 amide bonds. The van der Waals surface area contributed by atoms with E-state index < -0.39 is 0 Å². The van der Waals surface area contributed by atoms with Gasteiger partial charge in [-0.2, -0.15) is 0 Å². The monoisotopic (exact) mass is 219 g/mol. The number of hydrogen-bond donors (Lipinski definition) is 0. The molecule has 1 aliphatic rings. The van der Waals surface area contributed by atoms with E-state index in [4.69, 9.17) is 4.74 Å². The molecule has 1 heterocycles. The summed E-state index contributed by atoms with van der Waals surface area (Å²) in [6.07, 6.45) is 0.826. The van der Waals surface area contributed by atoms with Crippen molar-refractivity contribution in [3.8, 4) is 5.75 Å². The third-order valence-corrected chi connectivity index (χ3v) is 2.97. The van der Waals surface area contributed by atoms with E-state index >= 15 is 0 Å². The fourth-order valence-electron chi connectivity index (χ4n) is 2.20. The second kappa shape index (κ2) is 4.56. The van der Waals surface area contributed by atoms with Gasteiger partial charge in [0.05, 0.1) is 0 Å². The predicted molar refractivity (Wildman–Crippen MR) is 62.4 cm³/mol. The van der Waals surface area contributed by atoms with Gasteiger partial charge in [-0.25, -0.2) is 4.79 Å². The first-order valence-electron chi connectivity index (χ1n) is 5.70. The van der Waals surface area contributed by atoms with Gasteiger partial charge in [-0.3, -0.25) is 0 Å². The summed E-state index contributed by atoms with van der Waals surface area (Å²) in [5.41, 5.74) is 0. The molecule has 0 saturated carbocycles. The van der Waals surface area contributed by atoms with Gasteiger partial charge in [0.15, 0.2) is 0 Å². The molecule has 16 heavy (non-hydrogen) atoms. The summed E-state index contributed by atoms with van der Waals surface area (Å²) in [7, 11) is 0. The minimum absolute atomic E-state index is 0.233. The van der Waals surface area contributed by atoms with Crippen LogP contribution in [0.5, 0.6) is 5.75 Å². The molecule has 3 heteroatoms. The molecular formula is C13H17NO2. The average Bonchev–Trinajstić information content (AvgIpc) is 2.59. The van der Waals surface area contributed by atoms with E-state index in [0.29, 0.717) is 11.7 Å². The Balaban J connectivity index is 1.99. The summed E-state index contributed by atoms with van der Waals surface area (Å²) in [6.45, 7) is 5.02. The number of para-hydroxylation sites is 1. The van der Waals surface area contributed by atoms with Crippen LogP contribution in [0.25, 0.3) is 0 Å². The molecule has 0 spiro atoms. The first kappa shape index (κ1) is 11.0. The van der Waals surface area contributed by atoms with Crippen LogP contribution in [0.2, 0.25) is 0 Å². The minimum atomic E-state index is -0.233. The van der Waals surface area contributed by atoms with E-state index in [-0.39, 0.29) is 12.1 Å². The minimum Gasteiger partial charge on any atom is -0.410 e. The third kappa shape index (κ3) is 2.35. The van der Waals surface area contributed by atoms with Crippen LogP contribution >= 0.6 is 0 Å². The molecule has 0 bridgehead atoms. The molecule has 2 rings (SSSR count). The molecule has 0 aromatic heterocycles. The molecular weight excluding hydrogens is 202 g/mol. The number of hydrogen-bond acceptors (Lipinski definition) is 2. The van der Waals surface area contributed by atoms with Crippen molar-refractivity contribution in [2.45, 2.75) is 26.3 Å². The lowest BCUT2D eigenvalue weighted by molar-refractivity contribution is 0.149. The van der Waals surface area contributed by atoms with E-state index in [1.165, 1.54) is 0 Å². The van der Waals surface area contributed by atoms with Gasteiger partial charge in [-0.15, -0.1) is 0 Å². The van der Waals surface area contributed by atoms with Gasteiger partial charge >= 0.3 is 6.09 Å². The van der Waals surface area contributed by atoms with Crippen LogP contribution in [-0.2, 0) is 0 Å². The predicted octanol–water partition coefficient (Wildman–Crippen LogP) is 2.92. The maximum atomic E-state index is 11.9. The number of ether oxygens (including phenoxy) is 1. The summed E-state index contributed by atoms with van der Waals surface area (Å²) < 4.78 is 5.30. The molecule has 1 aromatic carbocycles. The van der Waals surface area contributed by atoms with Gasteiger partial charge in [0.2, 0.25) is 0 Å². The summed E-state index contributed by atoms with van der Waals surface area (Å²) >= 11 is 0. The normalized spacial score (nSPS) is 24.5. The highest BCUT2D eigenvalue weighted by molar-refractivity contribution is 5.71. The van der Waals surface area contributed by atoms with Crippen molar-refractivity contribution in [3.05, 3.63) is 30.3 Å². The van der Waals surface area contributed by atoms with Crippen LogP contribution in [0.4, 0.5) is 4.79 Å². The molecule has 2 atom stereocenters. The van der Waals surface area contributed by atoms with Gasteiger partial charge in [-0.1, -0.05) is 25.1 Å². The topological polar surface area (TPSA) is 29.5 Å². The van der Waals surface area contributed by atoms with E-state index in [0.717, 1.165) is 13.0 Å². The number of amides is 1. The Labute approximate surface area is 96.0 Å². The zero-order chi connectivity index (χ0) is 11.5. The summed E-state index contributed by atoms with van der Waals surface area (Å²) in [5.74, 6) is 1.18. The standard InChI is InChI=1S/C13H17NO2/c1-10-8-11(2)14(9-10)13(15)16-12-6-4-3-5-7-12/h3-7,10-11H,8-9H2,1-2H3. The first-order chi connectivity index (χ1) is 7.66. The van der Waals surface area contributed by atoms with Crippen molar-refractivity contribution in [2.75, 3.05) is 6.54 Å². The molecule has 1 aliphatic heterocycles. The third-order valence-electron chi connectivity index (χ3n) is 2.97. The lowest BCUT2D eigenvalue weighted by Gasteiger charge is -2.20. The molecule has 0 aliphatic carbocycles. The highest BCUT2D eigenvalue weighted by Crippen LogP contribution is 2.23. The fraction of sp³-hybridized carbons (Fsp3) is 0.462. The van der Waals surface area contributed by atoms with Gasteiger partial charge in [0.1, 0.15) is 5.75 Å². The molecule has 1 aromatic rings. The van der Waals surface area contributed by atoms with Crippen molar-refractivity contribution in [3.63, 3.8) is 0 Å². The van der Waals surface area contributed by atoms with E-state index in [1.807, 2.05) is 18.2 Å². The first-order valence-corrected chi connectivity index (χ1v) is 5.70. The summed E-state index contributed by atoms with van der Waals surface area (Å²) in [4.78, 5) is 13.7. The van der Waals surface area contributed by atoms with Gasteiger partial charge in [-0.05, 0) is 31.4 Å². The SMILES string of the molecule is CC1CC(C)N(C(=O)Oc2ccccc2)C1. The van der Waals surface area contributed by atoms with Crippen LogP contribution in [0.3, 0.4) is 0 Å². The Bertz CT molecular complexity index is 363. The molecule has 0 N–H and O–H groups in total. The smallest absolute Gasteiger partial charge is 0.410 e. The second-order valence-electron chi connectivity index (χ2n) is 4.52. The lowest BCUT2D eigenvalue weighted by atomic mass is 10.1. The van der Waals surface area contributed by atoms with Crippen LogP contribution in [0.15, 0.2) is 30.3 Å². The average molecular weight is 219 g/mol. The molecule has 0 radical (unpaired) electrons. The second-order valence-corrected chi connectivity index (χ2v) is 4.52. The van der Waals surface area contributed by atoms with Crippen molar-refractivity contribution < 1.29 is 9.53 Å². The summed E-state index contributed by atoms with van der Waals surface area (Å²) in [5, 5.41) is 0. The van der Waals surface area contributed by atoms with Crippen molar-refractivity contribution in [2.24, 2.45) is 5.92 Å². The number of nitrogens with zero attached hydrogens (tertiary/aromatic N) is 1. The zero-order valence-electron chi connectivity index (χ0n) is 9.72. The molecule has 1 fully saturated rings. The van der Waals surface area contributed by atoms with Gasteiger partial charge in [0.25, 0.3) is 0 Å². The Hall–Kier alpha value is -1.51. The highest BCUT2D eigenvalue weighted by Gasteiger charge is 2.31. The lowest BCUT2D eigenvalue weighted by Crippen LogP contribution is -2.36. The quantitative estimate of drug-likeness (QED) is 0.726. The number of rotatable bonds is 1.